The summed E-state index contributed by atoms with van der Waals surface area (Å²) in [5.41, 5.74) is 0.877. The van der Waals surface area contributed by atoms with Gasteiger partial charge in [0.25, 0.3) is 5.56 Å². The maximum atomic E-state index is 12.4. The molecule has 4 nitrogen and oxygen atoms in total. The number of hydrogen-bond acceptors (Lipinski definition) is 3. The molecule has 1 fully saturated rings. The molecule has 18 heavy (non-hydrogen) atoms. The second kappa shape index (κ2) is 4.53. The van der Waals surface area contributed by atoms with Gasteiger partial charge in [0.05, 0.1) is 17.2 Å². The lowest BCUT2D eigenvalue weighted by Crippen LogP contribution is -2.35. The van der Waals surface area contributed by atoms with Crippen LogP contribution in [0.2, 0.25) is 0 Å². The molecule has 1 aliphatic heterocycles. The van der Waals surface area contributed by atoms with Crippen molar-refractivity contribution in [1.82, 2.24) is 14.5 Å². The molecule has 0 bridgehead atoms. The quantitative estimate of drug-likeness (QED) is 0.764. The van der Waals surface area contributed by atoms with Crippen LogP contribution < -0.4 is 5.56 Å². The Kier molecular flexibility index (Phi) is 2.88. The molecule has 0 aliphatic carbocycles. The Morgan fingerprint density at radius 3 is 2.72 bits per heavy atom. The monoisotopic (exact) mass is 243 g/mol. The minimum absolute atomic E-state index is 0.0927. The van der Waals surface area contributed by atoms with Crippen LogP contribution in [-0.4, -0.2) is 34.6 Å². The van der Waals surface area contributed by atoms with Crippen LogP contribution in [0.4, 0.5) is 0 Å². The van der Waals surface area contributed by atoms with Crippen LogP contribution in [0.5, 0.6) is 0 Å². The van der Waals surface area contributed by atoms with Gasteiger partial charge < -0.3 is 4.90 Å². The molecule has 1 saturated heterocycles. The van der Waals surface area contributed by atoms with Crippen molar-refractivity contribution in [2.75, 3.05) is 20.1 Å². The zero-order valence-corrected chi connectivity index (χ0v) is 10.5. The molecule has 0 radical (unpaired) electrons. The Labute approximate surface area is 106 Å². The molecule has 0 N–H and O–H groups in total. The van der Waals surface area contributed by atoms with E-state index in [2.05, 4.69) is 16.9 Å². The fraction of sp³-hybridized carbons (Fsp3) is 0.429. The summed E-state index contributed by atoms with van der Waals surface area (Å²) in [6.07, 6.45) is 3.76. The van der Waals surface area contributed by atoms with Gasteiger partial charge in [-0.25, -0.2) is 4.98 Å². The highest BCUT2D eigenvalue weighted by atomic mass is 16.1. The molecule has 0 spiro atoms. The number of fused-ring (bicyclic) bond motifs is 1. The fourth-order valence-electron chi connectivity index (χ4n) is 2.62. The summed E-state index contributed by atoms with van der Waals surface area (Å²) < 4.78 is 1.81. The van der Waals surface area contributed by atoms with E-state index in [1.807, 2.05) is 28.8 Å². The van der Waals surface area contributed by atoms with Gasteiger partial charge in [-0.15, -0.1) is 0 Å². The van der Waals surface area contributed by atoms with Gasteiger partial charge in [-0.2, -0.15) is 0 Å². The molecule has 1 aromatic heterocycles. The van der Waals surface area contributed by atoms with Crippen molar-refractivity contribution in [2.24, 2.45) is 0 Å². The molecule has 0 atom stereocenters. The molecule has 1 aromatic carbocycles. The number of rotatable bonds is 1. The van der Waals surface area contributed by atoms with Crippen LogP contribution in [0.15, 0.2) is 35.4 Å². The summed E-state index contributed by atoms with van der Waals surface area (Å²) in [6, 6.07) is 7.84. The standard InChI is InChI=1S/C14H17N3O/c1-16-8-6-11(7-9-16)17-10-15-13-5-3-2-4-12(13)14(17)18/h2-5,10-11H,6-9H2,1H3. The van der Waals surface area contributed by atoms with E-state index in [9.17, 15) is 4.79 Å². The number of piperidine rings is 1. The first-order valence-electron chi connectivity index (χ1n) is 6.40. The Bertz CT molecular complexity index is 612. The molecule has 0 saturated carbocycles. The van der Waals surface area contributed by atoms with E-state index in [1.54, 1.807) is 6.33 Å². The third kappa shape index (κ3) is 1.93. The summed E-state index contributed by atoms with van der Waals surface area (Å²) in [7, 11) is 2.12. The third-order valence-electron chi connectivity index (χ3n) is 3.77. The average Bonchev–Trinajstić information content (AvgIpc) is 2.41. The van der Waals surface area contributed by atoms with E-state index in [0.717, 1.165) is 36.8 Å². The molecule has 0 unspecified atom stereocenters. The van der Waals surface area contributed by atoms with Crippen LogP contribution >= 0.6 is 0 Å². The fourth-order valence-corrected chi connectivity index (χ4v) is 2.62. The predicted octanol–water partition coefficient (Wildman–Crippen LogP) is 1.66. The second-order valence-electron chi connectivity index (χ2n) is 5.01. The summed E-state index contributed by atoms with van der Waals surface area (Å²) in [6.45, 7) is 2.09. The van der Waals surface area contributed by atoms with Gasteiger partial charge >= 0.3 is 0 Å². The average molecular weight is 243 g/mol. The van der Waals surface area contributed by atoms with Gasteiger partial charge in [-0.3, -0.25) is 9.36 Å². The van der Waals surface area contributed by atoms with Gasteiger partial charge in [0, 0.05) is 6.04 Å². The first kappa shape index (κ1) is 11.4. The van der Waals surface area contributed by atoms with Gasteiger partial charge in [0.2, 0.25) is 0 Å². The molecular formula is C14H17N3O. The van der Waals surface area contributed by atoms with E-state index in [0.29, 0.717) is 6.04 Å². The number of hydrogen-bond donors (Lipinski definition) is 0. The molecule has 94 valence electrons. The molecule has 2 aromatic rings. The van der Waals surface area contributed by atoms with Crippen molar-refractivity contribution in [3.8, 4) is 0 Å². The summed E-state index contributed by atoms with van der Waals surface area (Å²) in [5.74, 6) is 0. The molecule has 1 aliphatic rings. The molecule has 4 heteroatoms. The van der Waals surface area contributed by atoms with Crippen LogP contribution in [0.3, 0.4) is 0 Å². The van der Waals surface area contributed by atoms with Gasteiger partial charge in [0.1, 0.15) is 0 Å². The lowest BCUT2D eigenvalue weighted by atomic mass is 10.1. The van der Waals surface area contributed by atoms with Crippen molar-refractivity contribution < 1.29 is 0 Å². The van der Waals surface area contributed by atoms with E-state index in [4.69, 9.17) is 0 Å². The Morgan fingerprint density at radius 2 is 1.94 bits per heavy atom. The summed E-state index contributed by atoms with van der Waals surface area (Å²) in [5, 5.41) is 0.721. The van der Waals surface area contributed by atoms with E-state index in [-0.39, 0.29) is 5.56 Å². The zero-order chi connectivity index (χ0) is 12.5. The first-order valence-corrected chi connectivity index (χ1v) is 6.40. The molecule has 2 heterocycles. The Hall–Kier alpha value is -1.68. The number of para-hydroxylation sites is 1. The largest absolute Gasteiger partial charge is 0.306 e. The van der Waals surface area contributed by atoms with Crippen molar-refractivity contribution in [2.45, 2.75) is 18.9 Å². The topological polar surface area (TPSA) is 38.1 Å². The third-order valence-corrected chi connectivity index (χ3v) is 3.77. The minimum atomic E-state index is 0.0927. The van der Waals surface area contributed by atoms with Gasteiger partial charge in [-0.05, 0) is 45.1 Å². The number of likely N-dealkylation sites (tertiary alicyclic amines) is 1. The second-order valence-corrected chi connectivity index (χ2v) is 5.01. The van der Waals surface area contributed by atoms with Crippen LogP contribution in [0.25, 0.3) is 10.9 Å². The van der Waals surface area contributed by atoms with Crippen molar-refractivity contribution in [1.29, 1.82) is 0 Å². The van der Waals surface area contributed by atoms with Crippen molar-refractivity contribution >= 4 is 10.9 Å². The van der Waals surface area contributed by atoms with Gasteiger partial charge in [0.15, 0.2) is 0 Å². The summed E-state index contributed by atoms with van der Waals surface area (Å²) >= 11 is 0. The highest BCUT2D eigenvalue weighted by molar-refractivity contribution is 5.76. The number of benzene rings is 1. The van der Waals surface area contributed by atoms with E-state index >= 15 is 0 Å². The Morgan fingerprint density at radius 1 is 1.22 bits per heavy atom. The SMILES string of the molecule is CN1CCC(n2cnc3ccccc3c2=O)CC1. The van der Waals surface area contributed by atoms with Crippen LogP contribution in [-0.2, 0) is 0 Å². The molecule has 0 amide bonds. The minimum Gasteiger partial charge on any atom is -0.306 e. The van der Waals surface area contributed by atoms with Crippen molar-refractivity contribution in [3.63, 3.8) is 0 Å². The maximum Gasteiger partial charge on any atom is 0.261 e. The normalized spacial score (nSPS) is 18.3. The van der Waals surface area contributed by atoms with Crippen LogP contribution in [0.1, 0.15) is 18.9 Å². The highest BCUT2D eigenvalue weighted by Crippen LogP contribution is 2.20. The number of nitrogens with zero attached hydrogens (tertiary/aromatic N) is 3. The van der Waals surface area contributed by atoms with Gasteiger partial charge in [-0.1, -0.05) is 12.1 Å². The molecule has 3 rings (SSSR count). The highest BCUT2D eigenvalue weighted by Gasteiger charge is 2.19. The summed E-state index contributed by atoms with van der Waals surface area (Å²) in [4.78, 5) is 19.1. The number of aromatic nitrogens is 2. The van der Waals surface area contributed by atoms with Crippen LogP contribution in [0, 0.1) is 0 Å². The van der Waals surface area contributed by atoms with E-state index < -0.39 is 0 Å². The maximum absolute atomic E-state index is 12.4. The smallest absolute Gasteiger partial charge is 0.261 e. The zero-order valence-electron chi connectivity index (χ0n) is 10.5. The molecular weight excluding hydrogens is 226 g/mol. The Balaban J connectivity index is 2.02. The van der Waals surface area contributed by atoms with E-state index in [1.165, 1.54) is 0 Å². The lowest BCUT2D eigenvalue weighted by molar-refractivity contribution is 0.218. The first-order chi connectivity index (χ1) is 8.75. The predicted molar refractivity (Wildman–Crippen MR) is 71.8 cm³/mol. The van der Waals surface area contributed by atoms with Crippen molar-refractivity contribution in [3.05, 3.63) is 40.9 Å². The lowest BCUT2D eigenvalue weighted by Gasteiger charge is -2.29.